The van der Waals surface area contributed by atoms with Crippen LogP contribution in [0.5, 0.6) is 0 Å². The SMILES string of the molecule is CNC(=O)c1cnc(NC(=O)C2CC2)c2[nH]c(-c3cccc(-c4nnn(C)n4)c3F)cc12. The normalized spacial score (nSPS) is 13.3. The lowest BCUT2D eigenvalue weighted by Gasteiger charge is -2.07. The standard InChI is InChI=1S/C21H19FN8O2/c1-23-21(32)14-9-24-19(26-20(31)10-6-7-10)17-13(14)8-15(25-17)11-4-3-5-12(16(11)22)18-27-29-30(2)28-18/h3-5,8-10,25H,6-7H2,1-2H3,(H,23,32)(H,24,26,31). The van der Waals surface area contributed by atoms with Gasteiger partial charge in [0.1, 0.15) is 5.82 Å². The van der Waals surface area contributed by atoms with E-state index in [4.69, 9.17) is 0 Å². The number of hydrogen-bond donors (Lipinski definition) is 3. The number of nitrogens with one attached hydrogen (secondary N) is 3. The van der Waals surface area contributed by atoms with Crippen molar-refractivity contribution in [2.24, 2.45) is 13.0 Å². The van der Waals surface area contributed by atoms with Gasteiger partial charge in [-0.3, -0.25) is 9.59 Å². The fourth-order valence-corrected chi connectivity index (χ4v) is 3.54. The number of carbonyl (C=O) groups is 2. The topological polar surface area (TPSA) is 130 Å². The molecule has 4 aromatic rings. The largest absolute Gasteiger partial charge is 0.355 e. The average Bonchev–Trinajstić information content (AvgIpc) is 3.41. The molecule has 1 fully saturated rings. The summed E-state index contributed by atoms with van der Waals surface area (Å²) in [5.41, 5.74) is 1.62. The van der Waals surface area contributed by atoms with E-state index in [9.17, 15) is 9.59 Å². The van der Waals surface area contributed by atoms with Crippen molar-refractivity contribution in [2.45, 2.75) is 12.8 Å². The number of aryl methyl sites for hydroxylation is 1. The van der Waals surface area contributed by atoms with Gasteiger partial charge in [0.15, 0.2) is 5.82 Å². The van der Waals surface area contributed by atoms with Gasteiger partial charge in [-0.1, -0.05) is 6.07 Å². The number of nitrogens with zero attached hydrogens (tertiary/aromatic N) is 5. The first kappa shape index (κ1) is 19.8. The third-order valence-corrected chi connectivity index (χ3v) is 5.37. The van der Waals surface area contributed by atoms with Crippen LogP contribution in [0.3, 0.4) is 0 Å². The van der Waals surface area contributed by atoms with Gasteiger partial charge in [0, 0.05) is 35.8 Å². The van der Waals surface area contributed by atoms with Gasteiger partial charge in [0.05, 0.1) is 23.7 Å². The minimum absolute atomic E-state index is 0.0199. The second-order valence-corrected chi connectivity index (χ2v) is 7.60. The van der Waals surface area contributed by atoms with Crippen LogP contribution in [0.2, 0.25) is 0 Å². The van der Waals surface area contributed by atoms with Crippen molar-refractivity contribution in [2.75, 3.05) is 12.4 Å². The zero-order valence-electron chi connectivity index (χ0n) is 17.3. The Morgan fingerprint density at radius 3 is 2.72 bits per heavy atom. The summed E-state index contributed by atoms with van der Waals surface area (Å²) in [4.78, 5) is 33.3. The van der Waals surface area contributed by atoms with Gasteiger partial charge in [-0.2, -0.15) is 4.80 Å². The number of fused-ring (bicyclic) bond motifs is 1. The number of H-pyrrole nitrogens is 1. The highest BCUT2D eigenvalue weighted by molar-refractivity contribution is 6.11. The smallest absolute Gasteiger partial charge is 0.253 e. The van der Waals surface area contributed by atoms with E-state index in [1.54, 1.807) is 31.3 Å². The summed E-state index contributed by atoms with van der Waals surface area (Å²) in [6, 6.07) is 6.52. The van der Waals surface area contributed by atoms with Crippen molar-refractivity contribution in [3.63, 3.8) is 0 Å². The van der Waals surface area contributed by atoms with E-state index in [-0.39, 0.29) is 34.7 Å². The number of amides is 2. The minimum atomic E-state index is -0.537. The van der Waals surface area contributed by atoms with Gasteiger partial charge in [0.25, 0.3) is 5.91 Å². The highest BCUT2D eigenvalue weighted by Crippen LogP contribution is 2.35. The molecule has 0 atom stereocenters. The van der Waals surface area contributed by atoms with Crippen LogP contribution in [-0.4, -0.2) is 49.0 Å². The molecule has 1 aliphatic carbocycles. The molecule has 0 unspecified atom stereocenters. The van der Waals surface area contributed by atoms with Gasteiger partial charge in [-0.25, -0.2) is 9.37 Å². The van der Waals surface area contributed by atoms with E-state index in [0.29, 0.717) is 28.0 Å². The molecule has 3 aromatic heterocycles. The Balaban J connectivity index is 1.65. The molecule has 162 valence electrons. The Morgan fingerprint density at radius 2 is 2.03 bits per heavy atom. The van der Waals surface area contributed by atoms with Crippen molar-refractivity contribution in [3.8, 4) is 22.6 Å². The number of carbonyl (C=O) groups excluding carboxylic acids is 2. The summed E-state index contributed by atoms with van der Waals surface area (Å²) in [5, 5.41) is 17.6. The molecule has 0 saturated heterocycles. The van der Waals surface area contributed by atoms with Gasteiger partial charge in [0.2, 0.25) is 11.7 Å². The molecular formula is C21H19FN8O2. The molecule has 0 radical (unpaired) electrons. The predicted octanol–water partition coefficient (Wildman–Crippen LogP) is 2.27. The number of tetrazole rings is 1. The minimum Gasteiger partial charge on any atom is -0.355 e. The van der Waals surface area contributed by atoms with Crippen molar-refractivity contribution < 1.29 is 14.0 Å². The lowest BCUT2D eigenvalue weighted by Crippen LogP contribution is -2.19. The zero-order chi connectivity index (χ0) is 22.4. The number of aromatic amines is 1. The lowest BCUT2D eigenvalue weighted by atomic mass is 10.1. The molecule has 11 heteroatoms. The zero-order valence-corrected chi connectivity index (χ0v) is 17.3. The van der Waals surface area contributed by atoms with E-state index < -0.39 is 5.82 Å². The molecule has 3 N–H and O–H groups in total. The van der Waals surface area contributed by atoms with Crippen LogP contribution in [0.1, 0.15) is 23.2 Å². The number of pyridine rings is 1. The molecule has 0 aliphatic heterocycles. The maximum atomic E-state index is 15.4. The predicted molar refractivity (Wildman–Crippen MR) is 114 cm³/mol. The molecule has 2 amide bonds. The fraction of sp³-hybridized carbons (Fsp3) is 0.238. The maximum absolute atomic E-state index is 15.4. The summed E-state index contributed by atoms with van der Waals surface area (Å²) in [6.07, 6.45) is 3.09. The Morgan fingerprint density at radius 1 is 1.25 bits per heavy atom. The first-order chi connectivity index (χ1) is 15.5. The van der Waals surface area contributed by atoms with Gasteiger partial charge in [-0.05, 0) is 36.3 Å². The Bertz CT molecular complexity index is 1370. The average molecular weight is 434 g/mol. The second kappa shape index (κ2) is 7.52. The number of halogens is 1. The molecule has 1 aromatic carbocycles. The molecule has 10 nitrogen and oxygen atoms in total. The Hall–Kier alpha value is -4.15. The molecule has 0 spiro atoms. The highest BCUT2D eigenvalue weighted by atomic mass is 19.1. The number of anilines is 1. The first-order valence-electron chi connectivity index (χ1n) is 10.0. The summed E-state index contributed by atoms with van der Waals surface area (Å²) < 4.78 is 15.4. The van der Waals surface area contributed by atoms with E-state index in [0.717, 1.165) is 12.8 Å². The van der Waals surface area contributed by atoms with E-state index in [1.807, 2.05) is 0 Å². The monoisotopic (exact) mass is 434 g/mol. The fourth-order valence-electron chi connectivity index (χ4n) is 3.54. The highest BCUT2D eigenvalue weighted by Gasteiger charge is 2.30. The van der Waals surface area contributed by atoms with Crippen LogP contribution in [0.15, 0.2) is 30.5 Å². The second-order valence-electron chi connectivity index (χ2n) is 7.60. The van der Waals surface area contributed by atoms with Crippen LogP contribution in [0.4, 0.5) is 10.2 Å². The number of benzene rings is 1. The Kier molecular flexibility index (Phi) is 4.65. The number of rotatable bonds is 5. The summed E-state index contributed by atoms with van der Waals surface area (Å²) in [7, 11) is 3.11. The first-order valence-corrected chi connectivity index (χ1v) is 10.0. The summed E-state index contributed by atoms with van der Waals surface area (Å²) in [6.45, 7) is 0. The third kappa shape index (κ3) is 3.37. The van der Waals surface area contributed by atoms with Crippen molar-refractivity contribution in [3.05, 3.63) is 41.8 Å². The van der Waals surface area contributed by atoms with Gasteiger partial charge < -0.3 is 15.6 Å². The van der Waals surface area contributed by atoms with Crippen LogP contribution < -0.4 is 10.6 Å². The molecule has 0 bridgehead atoms. The third-order valence-electron chi connectivity index (χ3n) is 5.37. The molecule has 5 rings (SSSR count). The van der Waals surface area contributed by atoms with E-state index in [1.165, 1.54) is 18.0 Å². The van der Waals surface area contributed by atoms with Crippen molar-refractivity contribution in [1.29, 1.82) is 0 Å². The van der Waals surface area contributed by atoms with Crippen molar-refractivity contribution in [1.82, 2.24) is 35.5 Å². The molecule has 1 saturated carbocycles. The molecule has 3 heterocycles. The number of aromatic nitrogens is 6. The summed E-state index contributed by atoms with van der Waals surface area (Å²) >= 11 is 0. The molecule has 32 heavy (non-hydrogen) atoms. The quantitative estimate of drug-likeness (QED) is 0.442. The lowest BCUT2D eigenvalue weighted by molar-refractivity contribution is -0.117. The maximum Gasteiger partial charge on any atom is 0.253 e. The van der Waals surface area contributed by atoms with Crippen LogP contribution in [0.25, 0.3) is 33.5 Å². The van der Waals surface area contributed by atoms with Crippen LogP contribution in [-0.2, 0) is 11.8 Å². The van der Waals surface area contributed by atoms with Gasteiger partial charge >= 0.3 is 0 Å². The molecular weight excluding hydrogens is 415 g/mol. The summed E-state index contributed by atoms with van der Waals surface area (Å²) in [5.74, 6) is -0.565. The van der Waals surface area contributed by atoms with Crippen molar-refractivity contribution >= 4 is 28.5 Å². The van der Waals surface area contributed by atoms with E-state index in [2.05, 4.69) is 36.0 Å². The number of hydrogen-bond acceptors (Lipinski definition) is 6. The Labute approximate surface area is 181 Å². The van der Waals surface area contributed by atoms with Crippen LogP contribution >= 0.6 is 0 Å². The molecule has 1 aliphatic rings. The van der Waals surface area contributed by atoms with Gasteiger partial charge in [-0.15, -0.1) is 10.2 Å². The van der Waals surface area contributed by atoms with Crippen LogP contribution in [0, 0.1) is 11.7 Å². The van der Waals surface area contributed by atoms with E-state index >= 15 is 4.39 Å².